The number of pyridine rings is 1. The van der Waals surface area contributed by atoms with E-state index in [4.69, 9.17) is 0 Å². The summed E-state index contributed by atoms with van der Waals surface area (Å²) < 4.78 is 15.3. The molecule has 13 heavy (non-hydrogen) atoms. The fraction of sp³-hybridized carbons (Fsp3) is 0. The lowest BCUT2D eigenvalue weighted by Crippen LogP contribution is -1.98. The summed E-state index contributed by atoms with van der Waals surface area (Å²) in [6.07, 6.45) is 4.35. The van der Waals surface area contributed by atoms with Gasteiger partial charge in [-0.05, 0) is 28.1 Å². The number of nitrogens with zero attached hydrogens (tertiary/aromatic N) is 3. The molecule has 0 fully saturated rings. The minimum Gasteiger partial charge on any atom is -0.262 e. The van der Waals surface area contributed by atoms with E-state index in [0.717, 1.165) is 6.20 Å². The van der Waals surface area contributed by atoms with Gasteiger partial charge < -0.3 is 0 Å². The molecule has 0 aliphatic carbocycles. The van der Waals surface area contributed by atoms with Crippen molar-refractivity contribution in [3.8, 4) is 5.69 Å². The second-order valence-corrected chi connectivity index (χ2v) is 3.22. The number of hydrogen-bond acceptors (Lipinski definition) is 2. The van der Waals surface area contributed by atoms with Crippen LogP contribution in [0.3, 0.4) is 0 Å². The standard InChI is InChI=1S/C8H5BrFN3/c9-8-2-4-13(12-8)7-1-3-11-5-6(7)10/h1-5H. The summed E-state index contributed by atoms with van der Waals surface area (Å²) >= 11 is 3.18. The molecular formula is C8H5BrFN3. The van der Waals surface area contributed by atoms with Gasteiger partial charge in [-0.25, -0.2) is 9.07 Å². The van der Waals surface area contributed by atoms with Crippen LogP contribution in [0.15, 0.2) is 35.3 Å². The predicted octanol–water partition coefficient (Wildman–Crippen LogP) is 2.17. The van der Waals surface area contributed by atoms with E-state index in [1.165, 1.54) is 10.9 Å². The molecular weight excluding hydrogens is 237 g/mol. The van der Waals surface area contributed by atoms with E-state index in [-0.39, 0.29) is 0 Å². The lowest BCUT2D eigenvalue weighted by atomic mass is 10.4. The van der Waals surface area contributed by atoms with E-state index in [1.807, 2.05) is 0 Å². The van der Waals surface area contributed by atoms with E-state index in [0.29, 0.717) is 10.3 Å². The third kappa shape index (κ3) is 1.60. The number of hydrogen-bond donors (Lipinski definition) is 0. The van der Waals surface area contributed by atoms with Gasteiger partial charge in [0.15, 0.2) is 5.82 Å². The summed E-state index contributed by atoms with van der Waals surface area (Å²) in [5, 5.41) is 4.01. The van der Waals surface area contributed by atoms with Crippen molar-refractivity contribution in [1.29, 1.82) is 0 Å². The molecule has 2 heterocycles. The highest BCUT2D eigenvalue weighted by atomic mass is 79.9. The number of rotatable bonds is 1. The van der Waals surface area contributed by atoms with Crippen molar-refractivity contribution < 1.29 is 4.39 Å². The van der Waals surface area contributed by atoms with E-state index >= 15 is 0 Å². The van der Waals surface area contributed by atoms with E-state index in [2.05, 4.69) is 26.0 Å². The molecule has 0 atom stereocenters. The van der Waals surface area contributed by atoms with Gasteiger partial charge in [0.05, 0.1) is 6.20 Å². The first-order valence-corrected chi connectivity index (χ1v) is 4.38. The minimum atomic E-state index is -0.391. The van der Waals surface area contributed by atoms with Crippen molar-refractivity contribution >= 4 is 15.9 Å². The van der Waals surface area contributed by atoms with Gasteiger partial charge in [-0.15, -0.1) is 0 Å². The van der Waals surface area contributed by atoms with Crippen LogP contribution in [-0.2, 0) is 0 Å². The summed E-state index contributed by atoms with van der Waals surface area (Å²) in [4.78, 5) is 3.65. The highest BCUT2D eigenvalue weighted by Gasteiger charge is 2.04. The van der Waals surface area contributed by atoms with Crippen LogP contribution in [0.2, 0.25) is 0 Å². The molecule has 66 valence electrons. The van der Waals surface area contributed by atoms with E-state index in [9.17, 15) is 4.39 Å². The molecule has 0 aliphatic rings. The Morgan fingerprint density at radius 3 is 2.85 bits per heavy atom. The van der Waals surface area contributed by atoms with Gasteiger partial charge in [0.25, 0.3) is 0 Å². The van der Waals surface area contributed by atoms with Crippen molar-refractivity contribution in [1.82, 2.24) is 14.8 Å². The zero-order valence-corrected chi connectivity index (χ0v) is 8.07. The zero-order valence-electron chi connectivity index (χ0n) is 6.48. The van der Waals surface area contributed by atoms with Crippen LogP contribution in [0.1, 0.15) is 0 Å². The fourth-order valence-electron chi connectivity index (χ4n) is 0.990. The van der Waals surface area contributed by atoms with E-state index < -0.39 is 5.82 Å². The average molecular weight is 242 g/mol. The van der Waals surface area contributed by atoms with Gasteiger partial charge in [0.1, 0.15) is 10.3 Å². The summed E-state index contributed by atoms with van der Waals surface area (Å²) in [5.74, 6) is -0.391. The molecule has 0 spiro atoms. The zero-order chi connectivity index (χ0) is 9.26. The molecule has 0 amide bonds. The molecule has 0 bridgehead atoms. The third-order valence-corrected chi connectivity index (χ3v) is 1.98. The Labute approximate surface area is 82.3 Å². The lowest BCUT2D eigenvalue weighted by Gasteiger charge is -2.00. The summed E-state index contributed by atoms with van der Waals surface area (Å²) in [6, 6.07) is 3.30. The Morgan fingerprint density at radius 2 is 2.23 bits per heavy atom. The van der Waals surface area contributed by atoms with Crippen LogP contribution < -0.4 is 0 Å². The van der Waals surface area contributed by atoms with Crippen molar-refractivity contribution in [2.45, 2.75) is 0 Å². The lowest BCUT2D eigenvalue weighted by molar-refractivity contribution is 0.604. The van der Waals surface area contributed by atoms with Crippen molar-refractivity contribution in [3.05, 3.63) is 41.1 Å². The predicted molar refractivity (Wildman–Crippen MR) is 49.0 cm³/mol. The quantitative estimate of drug-likeness (QED) is 0.767. The third-order valence-electron chi connectivity index (χ3n) is 1.55. The number of halogens is 2. The Hall–Kier alpha value is -1.23. The molecule has 2 aromatic heterocycles. The Bertz CT molecular complexity index is 427. The smallest absolute Gasteiger partial charge is 0.167 e. The molecule has 0 aliphatic heterocycles. The minimum absolute atomic E-state index is 0.390. The Morgan fingerprint density at radius 1 is 1.38 bits per heavy atom. The first-order valence-electron chi connectivity index (χ1n) is 3.58. The van der Waals surface area contributed by atoms with Gasteiger partial charge in [-0.1, -0.05) is 0 Å². The van der Waals surface area contributed by atoms with Crippen LogP contribution in [0.4, 0.5) is 4.39 Å². The maximum atomic E-state index is 13.1. The van der Waals surface area contributed by atoms with Crippen LogP contribution in [0.5, 0.6) is 0 Å². The molecule has 5 heteroatoms. The molecule has 0 saturated carbocycles. The highest BCUT2D eigenvalue weighted by molar-refractivity contribution is 9.10. The van der Waals surface area contributed by atoms with Crippen LogP contribution >= 0.6 is 15.9 Å². The van der Waals surface area contributed by atoms with Crippen LogP contribution in [0.25, 0.3) is 5.69 Å². The highest BCUT2D eigenvalue weighted by Crippen LogP contribution is 2.12. The molecule has 2 aromatic rings. The summed E-state index contributed by atoms with van der Waals surface area (Å²) in [5.41, 5.74) is 0.390. The van der Waals surface area contributed by atoms with Gasteiger partial charge in [-0.2, -0.15) is 5.10 Å². The second kappa shape index (κ2) is 3.26. The van der Waals surface area contributed by atoms with Gasteiger partial charge in [-0.3, -0.25) is 4.98 Å². The molecule has 3 nitrogen and oxygen atoms in total. The largest absolute Gasteiger partial charge is 0.262 e. The number of aromatic nitrogens is 3. The first-order chi connectivity index (χ1) is 6.27. The van der Waals surface area contributed by atoms with Crippen LogP contribution in [-0.4, -0.2) is 14.8 Å². The average Bonchev–Trinajstić information content (AvgIpc) is 2.53. The van der Waals surface area contributed by atoms with Crippen LogP contribution in [0, 0.1) is 5.82 Å². The second-order valence-electron chi connectivity index (χ2n) is 2.41. The SMILES string of the molecule is Fc1cnccc1-n1ccc(Br)n1. The Balaban J connectivity index is 2.52. The molecule has 0 radical (unpaired) electrons. The summed E-state index contributed by atoms with van der Waals surface area (Å²) in [6.45, 7) is 0. The molecule has 0 unspecified atom stereocenters. The van der Waals surface area contributed by atoms with Crippen molar-refractivity contribution in [2.24, 2.45) is 0 Å². The normalized spacial score (nSPS) is 10.3. The topological polar surface area (TPSA) is 30.7 Å². The van der Waals surface area contributed by atoms with Gasteiger partial charge >= 0.3 is 0 Å². The van der Waals surface area contributed by atoms with Gasteiger partial charge in [0.2, 0.25) is 0 Å². The van der Waals surface area contributed by atoms with Crippen molar-refractivity contribution in [2.75, 3.05) is 0 Å². The van der Waals surface area contributed by atoms with E-state index in [1.54, 1.807) is 18.3 Å². The monoisotopic (exact) mass is 241 g/mol. The summed E-state index contributed by atoms with van der Waals surface area (Å²) in [7, 11) is 0. The fourth-order valence-corrected chi connectivity index (χ4v) is 1.28. The maximum absolute atomic E-state index is 13.1. The molecule has 0 saturated heterocycles. The molecule has 0 aromatic carbocycles. The first kappa shape index (κ1) is 8.37. The van der Waals surface area contributed by atoms with Crippen molar-refractivity contribution in [3.63, 3.8) is 0 Å². The Kier molecular flexibility index (Phi) is 2.10. The molecule has 2 rings (SSSR count). The molecule has 0 N–H and O–H groups in total. The maximum Gasteiger partial charge on any atom is 0.167 e. The van der Waals surface area contributed by atoms with Gasteiger partial charge in [0, 0.05) is 12.4 Å².